The molecule has 1 amide bonds. The number of nitrogens with zero attached hydrogens (tertiary/aromatic N) is 2. The highest BCUT2D eigenvalue weighted by atomic mass is 35.5. The zero-order valence-electron chi connectivity index (χ0n) is 17.5. The minimum absolute atomic E-state index is 0.152. The van der Waals surface area contributed by atoms with Gasteiger partial charge in [0.15, 0.2) is 11.5 Å². The number of ether oxygens (including phenoxy) is 3. The molecule has 3 aliphatic rings. The van der Waals surface area contributed by atoms with Crippen molar-refractivity contribution in [3.8, 4) is 22.6 Å². The first kappa shape index (κ1) is 20.2. The molecule has 2 atom stereocenters. The molecule has 0 unspecified atom stereocenters. The molecule has 162 valence electrons. The first-order chi connectivity index (χ1) is 14.9. The number of benzene rings is 2. The van der Waals surface area contributed by atoms with Crippen molar-refractivity contribution < 1.29 is 19.0 Å². The second kappa shape index (κ2) is 7.14. The van der Waals surface area contributed by atoms with Crippen LogP contribution in [0.1, 0.15) is 24.8 Å². The lowest BCUT2D eigenvalue weighted by atomic mass is 9.74. The lowest BCUT2D eigenvalue weighted by molar-refractivity contribution is -0.139. The number of nitrogens with two attached hydrogens (primary N) is 1. The quantitative estimate of drug-likeness (QED) is 0.772. The van der Waals surface area contributed by atoms with Gasteiger partial charge in [-0.25, -0.2) is 4.99 Å². The fourth-order valence-electron chi connectivity index (χ4n) is 4.84. The van der Waals surface area contributed by atoms with Crippen molar-refractivity contribution in [2.75, 3.05) is 27.4 Å². The molecular formula is C23H24ClN3O4. The number of hydrogen-bond acceptors (Lipinski definition) is 6. The Kier molecular flexibility index (Phi) is 4.64. The van der Waals surface area contributed by atoms with Gasteiger partial charge in [-0.3, -0.25) is 9.69 Å². The number of carbonyl (C=O) groups is 1. The molecule has 2 aromatic carbocycles. The summed E-state index contributed by atoms with van der Waals surface area (Å²) >= 11 is 6.28. The highest BCUT2D eigenvalue weighted by molar-refractivity contribution is 6.31. The maximum atomic E-state index is 13.5. The van der Waals surface area contributed by atoms with Gasteiger partial charge in [-0.15, -0.1) is 0 Å². The number of carbonyl (C=O) groups excluding carboxylic acids is 1. The molecule has 1 saturated heterocycles. The summed E-state index contributed by atoms with van der Waals surface area (Å²) in [7, 11) is 3.25. The number of amides is 1. The smallest absolute Gasteiger partial charge is 0.261 e. The van der Waals surface area contributed by atoms with Gasteiger partial charge in [-0.2, -0.15) is 0 Å². The van der Waals surface area contributed by atoms with Gasteiger partial charge >= 0.3 is 0 Å². The Bertz CT molecular complexity index is 1100. The van der Waals surface area contributed by atoms with E-state index in [1.807, 2.05) is 30.3 Å². The van der Waals surface area contributed by atoms with Crippen LogP contribution in [0.4, 0.5) is 0 Å². The summed E-state index contributed by atoms with van der Waals surface area (Å²) in [5.74, 6) is 1.35. The fraction of sp³-hybridized carbons (Fsp3) is 0.391. The number of methoxy groups -OCH3 is 1. The summed E-state index contributed by atoms with van der Waals surface area (Å²) < 4.78 is 17.6. The maximum Gasteiger partial charge on any atom is 0.261 e. The van der Waals surface area contributed by atoms with Gasteiger partial charge in [-0.1, -0.05) is 17.7 Å². The summed E-state index contributed by atoms with van der Waals surface area (Å²) in [5.41, 5.74) is 6.84. The van der Waals surface area contributed by atoms with Crippen molar-refractivity contribution in [1.29, 1.82) is 0 Å². The monoisotopic (exact) mass is 441 g/mol. The number of halogens is 1. The maximum absolute atomic E-state index is 13.5. The molecule has 31 heavy (non-hydrogen) atoms. The Morgan fingerprint density at radius 1 is 1.23 bits per heavy atom. The zero-order chi connectivity index (χ0) is 21.8. The minimum Gasteiger partial charge on any atom is -0.497 e. The van der Waals surface area contributed by atoms with Crippen molar-refractivity contribution in [3.63, 3.8) is 0 Å². The molecular weight excluding hydrogens is 418 g/mol. The van der Waals surface area contributed by atoms with E-state index in [1.165, 1.54) is 4.90 Å². The van der Waals surface area contributed by atoms with Gasteiger partial charge < -0.3 is 19.9 Å². The number of rotatable bonds is 2. The molecule has 3 aliphatic heterocycles. The molecule has 7 nitrogen and oxygen atoms in total. The molecule has 2 spiro atoms. The predicted octanol–water partition coefficient (Wildman–Crippen LogP) is 3.33. The van der Waals surface area contributed by atoms with E-state index in [0.717, 1.165) is 24.0 Å². The molecule has 1 fully saturated rings. The van der Waals surface area contributed by atoms with E-state index in [0.29, 0.717) is 41.7 Å². The summed E-state index contributed by atoms with van der Waals surface area (Å²) in [6, 6.07) is 11.3. The summed E-state index contributed by atoms with van der Waals surface area (Å²) in [6.45, 7) is 1.12. The summed E-state index contributed by atoms with van der Waals surface area (Å²) in [6.07, 6.45) is 2.06. The van der Waals surface area contributed by atoms with Crippen molar-refractivity contribution >= 4 is 23.5 Å². The number of fused-ring (bicyclic) bond motifs is 2. The Labute approximate surface area is 185 Å². The topological polar surface area (TPSA) is 86.4 Å². The van der Waals surface area contributed by atoms with Gasteiger partial charge in [0.05, 0.1) is 13.7 Å². The van der Waals surface area contributed by atoms with Crippen LogP contribution in [-0.4, -0.2) is 49.7 Å². The largest absolute Gasteiger partial charge is 0.497 e. The van der Waals surface area contributed by atoms with Gasteiger partial charge in [0, 0.05) is 30.7 Å². The molecule has 0 saturated carbocycles. The van der Waals surface area contributed by atoms with Gasteiger partial charge in [0.25, 0.3) is 5.91 Å². The Balaban J connectivity index is 1.68. The highest BCUT2D eigenvalue weighted by Crippen LogP contribution is 2.52. The number of guanidine groups is 1. The van der Waals surface area contributed by atoms with Gasteiger partial charge in [0.2, 0.25) is 0 Å². The molecule has 0 radical (unpaired) electrons. The van der Waals surface area contributed by atoms with Crippen molar-refractivity contribution in [2.24, 2.45) is 10.7 Å². The minimum atomic E-state index is -1.13. The number of likely N-dealkylation sites (N-methyl/N-ethyl adjacent to an activating group) is 1. The van der Waals surface area contributed by atoms with Gasteiger partial charge in [0.1, 0.15) is 17.1 Å². The fourth-order valence-corrected chi connectivity index (χ4v) is 5.06. The zero-order valence-corrected chi connectivity index (χ0v) is 18.2. The summed E-state index contributed by atoms with van der Waals surface area (Å²) in [5, 5.41) is 0.565. The second-order valence-corrected chi connectivity index (χ2v) is 8.84. The average Bonchev–Trinajstić information content (AvgIpc) is 2.97. The lowest BCUT2D eigenvalue weighted by Gasteiger charge is -2.46. The molecule has 5 rings (SSSR count). The third-order valence-electron chi connectivity index (χ3n) is 6.36. The van der Waals surface area contributed by atoms with Crippen LogP contribution in [0.3, 0.4) is 0 Å². The second-order valence-electron chi connectivity index (χ2n) is 8.40. The molecule has 2 aromatic rings. The Morgan fingerprint density at radius 3 is 2.74 bits per heavy atom. The molecule has 0 aliphatic carbocycles. The average molecular weight is 442 g/mol. The molecule has 2 N–H and O–H groups in total. The van der Waals surface area contributed by atoms with E-state index in [4.69, 9.17) is 36.5 Å². The van der Waals surface area contributed by atoms with E-state index in [-0.39, 0.29) is 11.9 Å². The van der Waals surface area contributed by atoms with Crippen LogP contribution in [0.2, 0.25) is 5.02 Å². The van der Waals surface area contributed by atoms with Crippen molar-refractivity contribution in [3.05, 3.63) is 47.0 Å². The van der Waals surface area contributed by atoms with E-state index >= 15 is 0 Å². The predicted molar refractivity (Wildman–Crippen MR) is 118 cm³/mol. The third kappa shape index (κ3) is 3.15. The molecule has 3 heterocycles. The van der Waals surface area contributed by atoms with Crippen molar-refractivity contribution in [2.45, 2.75) is 30.4 Å². The van der Waals surface area contributed by atoms with Crippen LogP contribution in [0.25, 0.3) is 11.1 Å². The van der Waals surface area contributed by atoms with E-state index < -0.39 is 11.1 Å². The highest BCUT2D eigenvalue weighted by Gasteiger charge is 2.58. The molecule has 0 bridgehead atoms. The van der Waals surface area contributed by atoms with Crippen LogP contribution >= 0.6 is 11.6 Å². The third-order valence-corrected chi connectivity index (χ3v) is 6.58. The van der Waals surface area contributed by atoms with Crippen LogP contribution in [0.5, 0.6) is 11.5 Å². The van der Waals surface area contributed by atoms with Crippen molar-refractivity contribution in [1.82, 2.24) is 4.90 Å². The first-order valence-corrected chi connectivity index (χ1v) is 10.6. The Morgan fingerprint density at radius 2 is 2.06 bits per heavy atom. The normalized spacial score (nSPS) is 27.3. The lowest BCUT2D eigenvalue weighted by Crippen LogP contribution is -2.55. The van der Waals surface area contributed by atoms with Gasteiger partial charge in [-0.05, 0) is 54.3 Å². The van der Waals surface area contributed by atoms with E-state index in [1.54, 1.807) is 20.2 Å². The SMILES string of the molecule is COc1cc(Cl)cc(-c2ccc3c(c2)[C@]2(C[C@@]4(CCCOC4)O3)N=C(N)N(C)C2=O)c1. The summed E-state index contributed by atoms with van der Waals surface area (Å²) in [4.78, 5) is 19.6. The first-order valence-electron chi connectivity index (χ1n) is 10.3. The molecule has 0 aromatic heterocycles. The van der Waals surface area contributed by atoms with E-state index in [2.05, 4.69) is 0 Å². The molecule has 8 heteroatoms. The van der Waals surface area contributed by atoms with Crippen LogP contribution < -0.4 is 15.2 Å². The van der Waals surface area contributed by atoms with Crippen LogP contribution in [-0.2, 0) is 15.1 Å². The standard InChI is InChI=1S/C23H24ClN3O4/c1-27-20(28)23(26-21(27)25)12-22(6-3-7-30-13-22)31-19-5-4-14(10-18(19)23)15-8-16(24)11-17(9-15)29-2/h4-5,8-11H,3,6-7,12-13H2,1-2H3,(H2,25,26)/t22-,23+/m1/s1. The van der Waals surface area contributed by atoms with Crippen LogP contribution in [0, 0.1) is 0 Å². The van der Waals surface area contributed by atoms with E-state index in [9.17, 15) is 4.79 Å². The van der Waals surface area contributed by atoms with Crippen LogP contribution in [0.15, 0.2) is 41.4 Å². The number of hydrogen-bond donors (Lipinski definition) is 1. The Hall–Kier alpha value is -2.77. The number of aliphatic imine (C=N–C) groups is 1.